The minimum atomic E-state index is -1.07. The van der Waals surface area contributed by atoms with Crippen LogP contribution in [0.3, 0.4) is 0 Å². The number of halogens is 1. The first kappa shape index (κ1) is 18.7. The van der Waals surface area contributed by atoms with Gasteiger partial charge in [0, 0.05) is 0 Å². The molecule has 134 valence electrons. The van der Waals surface area contributed by atoms with E-state index in [0.29, 0.717) is 12.8 Å². The topological polar surface area (TPSA) is 88.4 Å². The van der Waals surface area contributed by atoms with Crippen molar-refractivity contribution in [3.63, 3.8) is 0 Å². The molecule has 0 unspecified atom stereocenters. The predicted molar refractivity (Wildman–Crippen MR) is 87.0 cm³/mol. The first-order chi connectivity index (χ1) is 12.0. The van der Waals surface area contributed by atoms with Gasteiger partial charge in [-0.2, -0.15) is 5.26 Å². The summed E-state index contributed by atoms with van der Waals surface area (Å²) in [5.41, 5.74) is -0.889. The molecule has 0 aromatic heterocycles. The average molecular weight is 348 g/mol. The molecular weight excluding hydrogens is 327 g/mol. The number of para-hydroxylation sites is 1. The maximum Gasteiger partial charge on any atom is 0.344 e. The summed E-state index contributed by atoms with van der Waals surface area (Å²) in [7, 11) is 0. The molecule has 6 nitrogen and oxygen atoms in total. The molecule has 1 aliphatic rings. The smallest absolute Gasteiger partial charge is 0.344 e. The van der Waals surface area contributed by atoms with E-state index in [1.165, 1.54) is 25.1 Å². The van der Waals surface area contributed by atoms with E-state index in [0.717, 1.165) is 19.3 Å². The summed E-state index contributed by atoms with van der Waals surface area (Å²) in [6.45, 7) is 0.909. The van der Waals surface area contributed by atoms with Crippen molar-refractivity contribution in [3.8, 4) is 11.8 Å². The number of hydrogen-bond acceptors (Lipinski definition) is 5. The van der Waals surface area contributed by atoms with Crippen LogP contribution in [-0.4, -0.2) is 30.1 Å². The molecule has 0 saturated heterocycles. The third-order valence-corrected chi connectivity index (χ3v) is 4.14. The lowest BCUT2D eigenvalue weighted by Crippen LogP contribution is -2.52. The highest BCUT2D eigenvalue weighted by molar-refractivity contribution is 5.84. The SMILES string of the molecule is C[C@H](OC(=O)COc1ccccc1F)C(=O)NC1(C#N)CCCCC1. The molecule has 0 bridgehead atoms. The fourth-order valence-electron chi connectivity index (χ4n) is 2.74. The van der Waals surface area contributed by atoms with E-state index in [1.54, 1.807) is 6.07 Å². The van der Waals surface area contributed by atoms with Gasteiger partial charge < -0.3 is 14.8 Å². The Kier molecular flexibility index (Phi) is 6.34. The number of amides is 1. The highest BCUT2D eigenvalue weighted by Crippen LogP contribution is 2.27. The normalized spacial score (nSPS) is 17.0. The summed E-state index contributed by atoms with van der Waals surface area (Å²) in [4.78, 5) is 24.0. The van der Waals surface area contributed by atoms with Crippen LogP contribution in [-0.2, 0) is 14.3 Å². The molecule has 1 amide bonds. The second-order valence-electron chi connectivity index (χ2n) is 6.10. The Morgan fingerprint density at radius 3 is 2.64 bits per heavy atom. The third-order valence-electron chi connectivity index (χ3n) is 4.14. The molecule has 0 radical (unpaired) electrons. The van der Waals surface area contributed by atoms with Gasteiger partial charge >= 0.3 is 5.97 Å². The van der Waals surface area contributed by atoms with E-state index in [9.17, 15) is 19.2 Å². The van der Waals surface area contributed by atoms with E-state index in [2.05, 4.69) is 11.4 Å². The summed E-state index contributed by atoms with van der Waals surface area (Å²) in [5.74, 6) is -1.97. The molecule has 1 aromatic rings. The molecule has 0 heterocycles. The second-order valence-corrected chi connectivity index (χ2v) is 6.10. The van der Waals surface area contributed by atoms with Crippen molar-refractivity contribution in [3.05, 3.63) is 30.1 Å². The van der Waals surface area contributed by atoms with Gasteiger partial charge in [-0.15, -0.1) is 0 Å². The minimum absolute atomic E-state index is 0.0674. The molecule has 7 heteroatoms. The number of rotatable bonds is 6. The molecule has 1 fully saturated rings. The quantitative estimate of drug-likeness (QED) is 0.798. The maximum atomic E-state index is 13.4. The van der Waals surface area contributed by atoms with Crippen LogP contribution in [0.5, 0.6) is 5.75 Å². The standard InChI is InChI=1S/C18H21FN2O4/c1-13(17(23)21-18(12-20)9-5-2-6-10-18)25-16(22)11-24-15-8-4-3-7-14(15)19/h3-4,7-8,13H,2,5-6,9-11H2,1H3,(H,21,23)/t13-/m0/s1. The van der Waals surface area contributed by atoms with E-state index in [-0.39, 0.29) is 5.75 Å². The zero-order valence-electron chi connectivity index (χ0n) is 14.1. The molecular formula is C18H21FN2O4. The molecule has 0 spiro atoms. The number of esters is 1. The minimum Gasteiger partial charge on any atom is -0.479 e. The van der Waals surface area contributed by atoms with Crippen LogP contribution in [0.1, 0.15) is 39.0 Å². The van der Waals surface area contributed by atoms with Crippen molar-refractivity contribution in [1.29, 1.82) is 5.26 Å². The Labute approximate surface area is 145 Å². The monoisotopic (exact) mass is 348 g/mol. The molecule has 1 aliphatic carbocycles. The third kappa shape index (κ3) is 5.18. The summed E-state index contributed by atoms with van der Waals surface area (Å²) in [6, 6.07) is 7.85. The van der Waals surface area contributed by atoms with Crippen LogP contribution in [0.25, 0.3) is 0 Å². The van der Waals surface area contributed by atoms with Crippen LogP contribution in [0, 0.1) is 17.1 Å². The Hall–Kier alpha value is -2.62. The lowest BCUT2D eigenvalue weighted by molar-refractivity contribution is -0.157. The van der Waals surface area contributed by atoms with Crippen molar-refractivity contribution in [2.24, 2.45) is 0 Å². The van der Waals surface area contributed by atoms with Gasteiger partial charge in [-0.3, -0.25) is 4.79 Å². The summed E-state index contributed by atoms with van der Waals surface area (Å²) in [6.07, 6.45) is 2.90. The predicted octanol–water partition coefficient (Wildman–Crippen LogP) is 2.48. The number of ether oxygens (including phenoxy) is 2. The zero-order chi connectivity index (χ0) is 18.3. The molecule has 1 aromatic carbocycles. The largest absolute Gasteiger partial charge is 0.479 e. The number of nitrogens with zero attached hydrogens (tertiary/aromatic N) is 1. The zero-order valence-corrected chi connectivity index (χ0v) is 14.1. The van der Waals surface area contributed by atoms with Gasteiger partial charge in [0.25, 0.3) is 5.91 Å². The highest BCUT2D eigenvalue weighted by Gasteiger charge is 2.35. The van der Waals surface area contributed by atoms with Gasteiger partial charge in [0.05, 0.1) is 6.07 Å². The molecule has 25 heavy (non-hydrogen) atoms. The van der Waals surface area contributed by atoms with Gasteiger partial charge in [0.1, 0.15) is 5.54 Å². The van der Waals surface area contributed by atoms with Gasteiger partial charge in [0.15, 0.2) is 24.3 Å². The van der Waals surface area contributed by atoms with Crippen LogP contribution in [0.2, 0.25) is 0 Å². The molecule has 1 saturated carbocycles. The summed E-state index contributed by atoms with van der Waals surface area (Å²) in [5, 5.41) is 12.1. The van der Waals surface area contributed by atoms with E-state index < -0.39 is 35.9 Å². The molecule has 2 rings (SSSR count). The number of benzene rings is 1. The highest BCUT2D eigenvalue weighted by atomic mass is 19.1. The van der Waals surface area contributed by atoms with E-state index >= 15 is 0 Å². The van der Waals surface area contributed by atoms with E-state index in [4.69, 9.17) is 9.47 Å². The Balaban J connectivity index is 1.83. The second kappa shape index (κ2) is 8.47. The number of carbonyl (C=O) groups excluding carboxylic acids is 2. The first-order valence-electron chi connectivity index (χ1n) is 8.26. The summed E-state index contributed by atoms with van der Waals surface area (Å²) < 4.78 is 23.4. The van der Waals surface area contributed by atoms with Crippen LogP contribution < -0.4 is 10.1 Å². The Morgan fingerprint density at radius 1 is 1.32 bits per heavy atom. The van der Waals surface area contributed by atoms with Gasteiger partial charge in [0.2, 0.25) is 0 Å². The van der Waals surface area contributed by atoms with Gasteiger partial charge in [-0.25, -0.2) is 9.18 Å². The molecule has 1 atom stereocenters. The van der Waals surface area contributed by atoms with Crippen molar-refractivity contribution in [2.45, 2.75) is 50.7 Å². The van der Waals surface area contributed by atoms with Crippen molar-refractivity contribution < 1.29 is 23.5 Å². The lowest BCUT2D eigenvalue weighted by Gasteiger charge is -2.32. The molecule has 1 N–H and O–H groups in total. The van der Waals surface area contributed by atoms with Gasteiger partial charge in [-0.05, 0) is 31.9 Å². The van der Waals surface area contributed by atoms with Crippen LogP contribution in [0.4, 0.5) is 4.39 Å². The average Bonchev–Trinajstić information content (AvgIpc) is 2.61. The fourth-order valence-corrected chi connectivity index (χ4v) is 2.74. The number of hydrogen-bond donors (Lipinski definition) is 1. The Morgan fingerprint density at radius 2 is 2.00 bits per heavy atom. The summed E-state index contributed by atoms with van der Waals surface area (Å²) >= 11 is 0. The van der Waals surface area contributed by atoms with E-state index in [1.807, 2.05) is 0 Å². The maximum absolute atomic E-state index is 13.4. The van der Waals surface area contributed by atoms with Crippen LogP contribution in [0.15, 0.2) is 24.3 Å². The Bertz CT molecular complexity index is 665. The number of nitriles is 1. The van der Waals surface area contributed by atoms with Crippen molar-refractivity contribution in [1.82, 2.24) is 5.32 Å². The number of carbonyl (C=O) groups is 2. The lowest BCUT2D eigenvalue weighted by atomic mass is 9.83. The van der Waals surface area contributed by atoms with Crippen molar-refractivity contribution in [2.75, 3.05) is 6.61 Å². The first-order valence-corrected chi connectivity index (χ1v) is 8.26. The fraction of sp³-hybridized carbons (Fsp3) is 0.500. The number of nitrogens with one attached hydrogen (secondary N) is 1. The van der Waals surface area contributed by atoms with Crippen LogP contribution >= 0.6 is 0 Å². The molecule has 0 aliphatic heterocycles. The van der Waals surface area contributed by atoms with Gasteiger partial charge in [-0.1, -0.05) is 31.4 Å². The van der Waals surface area contributed by atoms with Crippen molar-refractivity contribution >= 4 is 11.9 Å².